The van der Waals surface area contributed by atoms with Crippen LogP contribution in [0.15, 0.2) is 40.1 Å². The van der Waals surface area contributed by atoms with Gasteiger partial charge in [-0.05, 0) is 67.0 Å². The molecule has 5 nitrogen and oxygen atoms in total. The summed E-state index contributed by atoms with van der Waals surface area (Å²) in [5.74, 6) is 0.818. The number of carbonyl (C=O) groups excluding carboxylic acids is 1. The Hall–Kier alpha value is -2.03. The number of thioether (sulfide) groups is 1. The maximum Gasteiger partial charge on any atom is 0.234 e. The zero-order valence-electron chi connectivity index (χ0n) is 17.9. The zero-order chi connectivity index (χ0) is 22.2. The fourth-order valence-electron chi connectivity index (χ4n) is 4.28. The molecule has 0 bridgehead atoms. The maximum atomic E-state index is 12.5. The number of nitrogens with zero attached hydrogens (tertiary/aromatic N) is 3. The molecule has 1 amide bonds. The highest BCUT2D eigenvalue weighted by Crippen LogP contribution is 2.42. The quantitative estimate of drug-likeness (QED) is 0.232. The summed E-state index contributed by atoms with van der Waals surface area (Å²) in [7, 11) is 0. The van der Waals surface area contributed by atoms with Crippen molar-refractivity contribution in [3.05, 3.63) is 51.9 Å². The fraction of sp³-hybridized carbons (Fsp3) is 0.333. The molecule has 0 fully saturated rings. The summed E-state index contributed by atoms with van der Waals surface area (Å²) in [6, 6.07) is 7.57. The summed E-state index contributed by atoms with van der Waals surface area (Å²) >= 11 is 6.52. The SMILES string of the molecule is CC(C)Cc1nc2sc3c(SCC(=O)Nc4ccc(Br)cc4)ncnc3c2c2c1CCC2. The van der Waals surface area contributed by atoms with E-state index in [0.717, 1.165) is 49.5 Å². The highest BCUT2D eigenvalue weighted by molar-refractivity contribution is 9.10. The van der Waals surface area contributed by atoms with Gasteiger partial charge in [-0.25, -0.2) is 15.0 Å². The second-order valence-electron chi connectivity index (χ2n) is 8.45. The first-order chi connectivity index (χ1) is 15.5. The summed E-state index contributed by atoms with van der Waals surface area (Å²) in [6.07, 6.45) is 6.01. The molecule has 3 heterocycles. The number of thiophene rings is 1. The summed E-state index contributed by atoms with van der Waals surface area (Å²) < 4.78 is 2.02. The Morgan fingerprint density at radius 2 is 1.97 bits per heavy atom. The molecule has 5 rings (SSSR count). The molecule has 1 N–H and O–H groups in total. The number of aryl methyl sites for hydroxylation is 1. The van der Waals surface area contributed by atoms with Crippen molar-refractivity contribution in [1.82, 2.24) is 15.0 Å². The number of carbonyl (C=O) groups is 1. The van der Waals surface area contributed by atoms with Gasteiger partial charge in [0.15, 0.2) is 0 Å². The summed E-state index contributed by atoms with van der Waals surface area (Å²) in [5, 5.41) is 4.99. The molecule has 0 aliphatic heterocycles. The second kappa shape index (κ2) is 9.08. The lowest BCUT2D eigenvalue weighted by atomic mass is 9.99. The lowest BCUT2D eigenvalue weighted by molar-refractivity contribution is -0.113. The van der Waals surface area contributed by atoms with Gasteiger partial charge in [-0.15, -0.1) is 11.3 Å². The number of aromatic nitrogens is 3. The second-order valence-corrected chi connectivity index (χ2v) is 11.3. The van der Waals surface area contributed by atoms with E-state index in [4.69, 9.17) is 4.98 Å². The predicted octanol–water partition coefficient (Wildman–Crippen LogP) is 6.42. The molecular weight excluding hydrogens is 504 g/mol. The molecule has 1 aromatic carbocycles. The molecule has 164 valence electrons. The Balaban J connectivity index is 1.45. The van der Waals surface area contributed by atoms with Crippen molar-refractivity contribution in [3.63, 3.8) is 0 Å². The molecule has 1 aliphatic rings. The van der Waals surface area contributed by atoms with Crippen LogP contribution in [-0.2, 0) is 24.1 Å². The minimum Gasteiger partial charge on any atom is -0.325 e. The topological polar surface area (TPSA) is 67.8 Å². The zero-order valence-corrected chi connectivity index (χ0v) is 21.2. The van der Waals surface area contributed by atoms with E-state index >= 15 is 0 Å². The summed E-state index contributed by atoms with van der Waals surface area (Å²) in [5.41, 5.74) is 5.89. The number of nitrogens with one attached hydrogen (secondary N) is 1. The Bertz CT molecular complexity index is 1320. The Kier molecular flexibility index (Phi) is 6.18. The van der Waals surface area contributed by atoms with Gasteiger partial charge in [0, 0.05) is 21.2 Å². The van der Waals surface area contributed by atoms with Crippen molar-refractivity contribution < 1.29 is 4.79 Å². The van der Waals surface area contributed by atoms with Crippen LogP contribution in [0.1, 0.15) is 37.1 Å². The smallest absolute Gasteiger partial charge is 0.234 e. The van der Waals surface area contributed by atoms with E-state index in [1.54, 1.807) is 17.7 Å². The average Bonchev–Trinajstić information content (AvgIpc) is 3.38. The molecule has 0 saturated carbocycles. The molecule has 0 unspecified atom stereocenters. The standard InChI is InChI=1S/C24H23BrN4OS2/c1-13(2)10-18-16-4-3-5-17(16)20-21-22(32-23(20)29-18)24(27-12-26-21)31-11-19(30)28-15-8-6-14(25)7-9-15/h6-9,12-13H,3-5,10-11H2,1-2H3,(H,28,30). The average molecular weight is 528 g/mol. The van der Waals surface area contributed by atoms with E-state index in [1.165, 1.54) is 40.4 Å². The van der Waals surface area contributed by atoms with Crippen LogP contribution in [0.2, 0.25) is 0 Å². The van der Waals surface area contributed by atoms with Crippen LogP contribution >= 0.6 is 39.0 Å². The Labute approximate surface area is 203 Å². The van der Waals surface area contributed by atoms with E-state index in [0.29, 0.717) is 11.7 Å². The molecule has 0 radical (unpaired) electrons. The largest absolute Gasteiger partial charge is 0.325 e. The summed E-state index contributed by atoms with van der Waals surface area (Å²) in [6.45, 7) is 4.50. The third-order valence-corrected chi connectivity index (χ3v) is 8.32. The van der Waals surface area contributed by atoms with E-state index in [1.807, 2.05) is 24.3 Å². The minimum atomic E-state index is -0.0524. The predicted molar refractivity (Wildman–Crippen MR) is 137 cm³/mol. The number of hydrogen-bond donors (Lipinski definition) is 1. The van der Waals surface area contributed by atoms with Gasteiger partial charge in [-0.3, -0.25) is 4.79 Å². The number of pyridine rings is 1. The van der Waals surface area contributed by atoms with E-state index in [9.17, 15) is 4.79 Å². The number of fused-ring (bicyclic) bond motifs is 5. The number of benzene rings is 1. The van der Waals surface area contributed by atoms with E-state index in [2.05, 4.69) is 45.1 Å². The molecule has 0 spiro atoms. The number of hydrogen-bond acceptors (Lipinski definition) is 6. The normalized spacial score (nSPS) is 13.2. The van der Waals surface area contributed by atoms with Crippen LogP contribution in [0.5, 0.6) is 0 Å². The highest BCUT2D eigenvalue weighted by atomic mass is 79.9. The first-order valence-electron chi connectivity index (χ1n) is 10.8. The highest BCUT2D eigenvalue weighted by Gasteiger charge is 2.24. The van der Waals surface area contributed by atoms with Gasteiger partial charge in [0.1, 0.15) is 16.2 Å². The first kappa shape index (κ1) is 21.8. The first-order valence-corrected chi connectivity index (χ1v) is 13.3. The van der Waals surface area contributed by atoms with Crippen molar-refractivity contribution in [2.24, 2.45) is 5.92 Å². The van der Waals surface area contributed by atoms with Gasteiger partial charge in [0.25, 0.3) is 0 Å². The van der Waals surface area contributed by atoms with Crippen molar-refractivity contribution in [1.29, 1.82) is 0 Å². The Morgan fingerprint density at radius 3 is 2.75 bits per heavy atom. The fourth-order valence-corrected chi connectivity index (χ4v) is 6.60. The van der Waals surface area contributed by atoms with Crippen LogP contribution in [0.25, 0.3) is 20.4 Å². The van der Waals surface area contributed by atoms with E-state index in [-0.39, 0.29) is 5.91 Å². The molecule has 32 heavy (non-hydrogen) atoms. The molecule has 4 aromatic rings. The third kappa shape index (κ3) is 4.28. The van der Waals surface area contributed by atoms with Crippen LogP contribution in [0.3, 0.4) is 0 Å². The van der Waals surface area contributed by atoms with Crippen LogP contribution in [0.4, 0.5) is 5.69 Å². The van der Waals surface area contributed by atoms with Crippen LogP contribution in [0, 0.1) is 5.92 Å². The molecule has 3 aromatic heterocycles. The molecule has 0 atom stereocenters. The lowest BCUT2D eigenvalue weighted by Gasteiger charge is -2.11. The number of halogens is 1. The maximum absolute atomic E-state index is 12.5. The van der Waals surface area contributed by atoms with Gasteiger partial charge in [-0.2, -0.15) is 0 Å². The molecule has 8 heteroatoms. The van der Waals surface area contributed by atoms with Crippen LogP contribution < -0.4 is 5.32 Å². The minimum absolute atomic E-state index is 0.0524. The molecular formula is C24H23BrN4OS2. The van der Waals surface area contributed by atoms with Crippen molar-refractivity contribution in [2.45, 2.75) is 44.6 Å². The molecule has 1 aliphatic carbocycles. The monoisotopic (exact) mass is 526 g/mol. The van der Waals surface area contributed by atoms with Crippen molar-refractivity contribution >= 4 is 71.1 Å². The van der Waals surface area contributed by atoms with Gasteiger partial charge in [0.2, 0.25) is 5.91 Å². The number of rotatable bonds is 6. The van der Waals surface area contributed by atoms with Gasteiger partial charge in [0.05, 0.1) is 16.0 Å². The third-order valence-electron chi connectivity index (χ3n) is 5.59. The van der Waals surface area contributed by atoms with Crippen LogP contribution in [-0.4, -0.2) is 26.6 Å². The van der Waals surface area contributed by atoms with Gasteiger partial charge < -0.3 is 5.32 Å². The lowest BCUT2D eigenvalue weighted by Crippen LogP contribution is -2.14. The molecule has 0 saturated heterocycles. The number of anilines is 1. The van der Waals surface area contributed by atoms with Gasteiger partial charge >= 0.3 is 0 Å². The van der Waals surface area contributed by atoms with Crippen molar-refractivity contribution in [2.75, 3.05) is 11.1 Å². The Morgan fingerprint density at radius 1 is 1.19 bits per heavy atom. The number of amides is 1. The van der Waals surface area contributed by atoms with Gasteiger partial charge in [-0.1, -0.05) is 41.5 Å². The van der Waals surface area contributed by atoms with Crippen molar-refractivity contribution in [3.8, 4) is 0 Å². The van der Waals surface area contributed by atoms with E-state index < -0.39 is 0 Å². The summed E-state index contributed by atoms with van der Waals surface area (Å²) in [4.78, 5) is 27.8.